The number of rotatable bonds is 3. The number of nitro benzene ring substituents is 1. The highest BCUT2D eigenvalue weighted by atomic mass is 16.6. The van der Waals surface area contributed by atoms with Crippen LogP contribution in [0.2, 0.25) is 0 Å². The maximum atomic E-state index is 10.7. The third-order valence-corrected chi connectivity index (χ3v) is 1.74. The summed E-state index contributed by atoms with van der Waals surface area (Å²) in [5.41, 5.74) is 0.812. The number of hydrogen-bond acceptors (Lipinski definition) is 3. The molecule has 0 bridgehead atoms. The predicted molar refractivity (Wildman–Crippen MR) is 53.6 cm³/mol. The molecule has 4 heteroatoms. The molecule has 0 aliphatic rings. The van der Waals surface area contributed by atoms with Crippen LogP contribution >= 0.6 is 0 Å². The normalized spacial score (nSPS) is 10.3. The first-order valence-electron chi connectivity index (χ1n) is 4.43. The summed E-state index contributed by atoms with van der Waals surface area (Å²) in [6.07, 6.45) is -0.0604. The Hall–Kier alpha value is -1.58. The van der Waals surface area contributed by atoms with E-state index in [1.54, 1.807) is 19.1 Å². The molecule has 1 aromatic carbocycles. The van der Waals surface area contributed by atoms with Crippen molar-refractivity contribution >= 4 is 5.69 Å². The van der Waals surface area contributed by atoms with E-state index in [4.69, 9.17) is 4.74 Å². The van der Waals surface area contributed by atoms with Gasteiger partial charge in [-0.25, -0.2) is 0 Å². The molecule has 0 spiro atoms. The minimum atomic E-state index is -0.426. The molecule has 0 aromatic heterocycles. The number of nitrogens with zero attached hydrogens (tertiary/aromatic N) is 1. The van der Waals surface area contributed by atoms with Crippen molar-refractivity contribution in [1.82, 2.24) is 0 Å². The monoisotopic (exact) mass is 195 g/mol. The van der Waals surface area contributed by atoms with E-state index < -0.39 is 4.92 Å². The first-order chi connectivity index (χ1) is 6.52. The van der Waals surface area contributed by atoms with Crippen LogP contribution in [0.15, 0.2) is 18.2 Å². The van der Waals surface area contributed by atoms with E-state index in [1.807, 2.05) is 13.8 Å². The zero-order valence-electron chi connectivity index (χ0n) is 8.48. The van der Waals surface area contributed by atoms with Crippen molar-refractivity contribution in [3.05, 3.63) is 33.9 Å². The van der Waals surface area contributed by atoms with Gasteiger partial charge in [0.25, 0.3) is 0 Å². The number of para-hydroxylation sites is 1. The summed E-state index contributed by atoms with van der Waals surface area (Å²) < 4.78 is 5.40. The largest absolute Gasteiger partial charge is 0.484 e. The van der Waals surface area contributed by atoms with Gasteiger partial charge in [0.05, 0.1) is 11.0 Å². The van der Waals surface area contributed by atoms with Crippen LogP contribution in [0.4, 0.5) is 5.69 Å². The van der Waals surface area contributed by atoms with Gasteiger partial charge in [-0.1, -0.05) is 12.1 Å². The van der Waals surface area contributed by atoms with Gasteiger partial charge >= 0.3 is 5.69 Å². The molecule has 76 valence electrons. The molecular formula is C10H13NO3. The fraction of sp³-hybridized carbons (Fsp3) is 0.400. The lowest BCUT2D eigenvalue weighted by Gasteiger charge is -2.11. The van der Waals surface area contributed by atoms with E-state index in [0.717, 1.165) is 5.56 Å². The second kappa shape index (κ2) is 4.09. The first-order valence-corrected chi connectivity index (χ1v) is 4.43. The van der Waals surface area contributed by atoms with Gasteiger partial charge in [-0.05, 0) is 26.3 Å². The van der Waals surface area contributed by atoms with Gasteiger partial charge in [-0.3, -0.25) is 10.1 Å². The second-order valence-electron chi connectivity index (χ2n) is 3.35. The van der Waals surface area contributed by atoms with E-state index in [2.05, 4.69) is 0 Å². The van der Waals surface area contributed by atoms with Crippen molar-refractivity contribution in [2.45, 2.75) is 26.9 Å². The van der Waals surface area contributed by atoms with Crippen LogP contribution in [0.5, 0.6) is 5.75 Å². The summed E-state index contributed by atoms with van der Waals surface area (Å²) in [6.45, 7) is 5.48. The minimum Gasteiger partial charge on any atom is -0.484 e. The quantitative estimate of drug-likeness (QED) is 0.550. The van der Waals surface area contributed by atoms with E-state index in [0.29, 0.717) is 5.75 Å². The highest BCUT2D eigenvalue weighted by molar-refractivity contribution is 5.51. The Bertz CT molecular complexity index is 347. The van der Waals surface area contributed by atoms with Crippen molar-refractivity contribution in [2.75, 3.05) is 0 Å². The van der Waals surface area contributed by atoms with E-state index in [9.17, 15) is 10.1 Å². The Morgan fingerprint density at radius 3 is 2.57 bits per heavy atom. The summed E-state index contributed by atoms with van der Waals surface area (Å²) in [7, 11) is 0. The lowest BCUT2D eigenvalue weighted by molar-refractivity contribution is -0.386. The third kappa shape index (κ3) is 2.22. The van der Waals surface area contributed by atoms with Crippen LogP contribution < -0.4 is 4.74 Å². The van der Waals surface area contributed by atoms with Gasteiger partial charge in [-0.2, -0.15) is 0 Å². The molecule has 0 N–H and O–H groups in total. The van der Waals surface area contributed by atoms with Gasteiger partial charge in [0.1, 0.15) is 0 Å². The first kappa shape index (κ1) is 10.5. The SMILES string of the molecule is Cc1cccc([N+](=O)[O-])c1OC(C)C. The molecule has 0 atom stereocenters. The minimum absolute atomic E-state index is 0.0266. The van der Waals surface area contributed by atoms with Crippen molar-refractivity contribution in [3.63, 3.8) is 0 Å². The van der Waals surface area contributed by atoms with Crippen LogP contribution in [0.25, 0.3) is 0 Å². The molecule has 0 saturated carbocycles. The Labute approximate surface area is 82.7 Å². The van der Waals surface area contributed by atoms with E-state index in [-0.39, 0.29) is 11.8 Å². The topological polar surface area (TPSA) is 52.4 Å². The molecule has 0 fully saturated rings. The van der Waals surface area contributed by atoms with Gasteiger partial charge in [0.15, 0.2) is 5.75 Å². The average Bonchev–Trinajstić information content (AvgIpc) is 2.07. The molecule has 0 radical (unpaired) electrons. The van der Waals surface area contributed by atoms with Crippen molar-refractivity contribution in [2.24, 2.45) is 0 Å². The Kier molecular flexibility index (Phi) is 3.06. The third-order valence-electron chi connectivity index (χ3n) is 1.74. The molecule has 0 unspecified atom stereocenters. The zero-order chi connectivity index (χ0) is 10.7. The van der Waals surface area contributed by atoms with Crippen LogP contribution in [0.3, 0.4) is 0 Å². The Balaban J connectivity index is 3.15. The van der Waals surface area contributed by atoms with Crippen LogP contribution in [-0.4, -0.2) is 11.0 Å². The zero-order valence-corrected chi connectivity index (χ0v) is 8.48. The fourth-order valence-corrected chi connectivity index (χ4v) is 1.17. The Morgan fingerprint density at radius 2 is 2.07 bits per heavy atom. The molecule has 0 aliphatic heterocycles. The molecular weight excluding hydrogens is 182 g/mol. The second-order valence-corrected chi connectivity index (χ2v) is 3.35. The smallest absolute Gasteiger partial charge is 0.311 e. The van der Waals surface area contributed by atoms with E-state index in [1.165, 1.54) is 6.07 Å². The molecule has 0 heterocycles. The van der Waals surface area contributed by atoms with Crippen LogP contribution in [0.1, 0.15) is 19.4 Å². The van der Waals surface area contributed by atoms with Crippen molar-refractivity contribution in [1.29, 1.82) is 0 Å². The molecule has 1 aromatic rings. The summed E-state index contributed by atoms with van der Waals surface area (Å²) in [5, 5.41) is 10.7. The Morgan fingerprint density at radius 1 is 1.43 bits per heavy atom. The fourth-order valence-electron chi connectivity index (χ4n) is 1.17. The standard InChI is InChI=1S/C10H13NO3/c1-7(2)14-10-8(3)5-4-6-9(10)11(12)13/h4-7H,1-3H3. The lowest BCUT2D eigenvalue weighted by atomic mass is 10.2. The van der Waals surface area contributed by atoms with Crippen molar-refractivity contribution in [3.8, 4) is 5.75 Å². The number of benzene rings is 1. The maximum Gasteiger partial charge on any atom is 0.311 e. The van der Waals surface area contributed by atoms with Gasteiger partial charge < -0.3 is 4.74 Å². The molecule has 0 aliphatic carbocycles. The lowest BCUT2D eigenvalue weighted by Crippen LogP contribution is -2.08. The number of nitro groups is 1. The maximum absolute atomic E-state index is 10.7. The molecule has 1 rings (SSSR count). The molecule has 0 saturated heterocycles. The van der Waals surface area contributed by atoms with Gasteiger partial charge in [0, 0.05) is 6.07 Å². The van der Waals surface area contributed by atoms with Crippen LogP contribution in [-0.2, 0) is 0 Å². The summed E-state index contributed by atoms with van der Waals surface area (Å²) in [4.78, 5) is 10.3. The van der Waals surface area contributed by atoms with Gasteiger partial charge in [-0.15, -0.1) is 0 Å². The summed E-state index contributed by atoms with van der Waals surface area (Å²) in [5.74, 6) is 0.368. The number of aryl methyl sites for hydroxylation is 1. The van der Waals surface area contributed by atoms with Crippen molar-refractivity contribution < 1.29 is 9.66 Å². The molecule has 4 nitrogen and oxygen atoms in total. The van der Waals surface area contributed by atoms with Gasteiger partial charge in [0.2, 0.25) is 0 Å². The van der Waals surface area contributed by atoms with Crippen LogP contribution in [0, 0.1) is 17.0 Å². The molecule has 14 heavy (non-hydrogen) atoms. The molecule has 0 amide bonds. The average molecular weight is 195 g/mol. The number of hydrogen-bond donors (Lipinski definition) is 0. The number of ether oxygens (including phenoxy) is 1. The predicted octanol–water partition coefficient (Wildman–Crippen LogP) is 2.69. The van der Waals surface area contributed by atoms with E-state index >= 15 is 0 Å². The highest BCUT2D eigenvalue weighted by Gasteiger charge is 2.17. The summed E-state index contributed by atoms with van der Waals surface area (Å²) in [6, 6.07) is 4.90. The highest BCUT2D eigenvalue weighted by Crippen LogP contribution is 2.30. The summed E-state index contributed by atoms with van der Waals surface area (Å²) >= 11 is 0.